The molecule has 1 rings (SSSR count). The molecule has 0 radical (unpaired) electrons. The molecule has 0 saturated heterocycles. The maximum absolute atomic E-state index is 12.8. The number of carbonyl (C=O) groups is 1. The number of rotatable bonds is 7. The fourth-order valence-corrected chi connectivity index (χ4v) is 3.22. The summed E-state index contributed by atoms with van der Waals surface area (Å²) in [6, 6.07) is 6.61. The van der Waals surface area contributed by atoms with Crippen LogP contribution in [0.1, 0.15) is 5.56 Å². The van der Waals surface area contributed by atoms with Crippen LogP contribution in [0.4, 0.5) is 8.78 Å². The first-order valence-electron chi connectivity index (χ1n) is 5.93. The molecular weight excluding hydrogens is 370 g/mol. The summed E-state index contributed by atoms with van der Waals surface area (Å²) in [4.78, 5) is 11.4. The zero-order chi connectivity index (χ0) is 16.1. The molecule has 0 aromatic heterocycles. The number of hydrogen-bond donors (Lipinski definition) is 2. The summed E-state index contributed by atoms with van der Waals surface area (Å²) in [5, 5.41) is 1.87. The molecule has 0 aliphatic carbocycles. The van der Waals surface area contributed by atoms with Crippen LogP contribution in [-0.2, 0) is 20.4 Å². The number of sulfone groups is 1. The number of carbonyl (C=O) groups excluding carboxylic acids is 1. The first-order chi connectivity index (χ1) is 9.63. The van der Waals surface area contributed by atoms with Gasteiger partial charge in [-0.3, -0.25) is 4.79 Å². The van der Waals surface area contributed by atoms with E-state index in [1.54, 1.807) is 24.3 Å². The molecule has 118 valence electrons. The minimum atomic E-state index is -3.73. The monoisotopic (exact) mass is 384 g/mol. The summed E-state index contributed by atoms with van der Waals surface area (Å²) in [6.45, 7) is -1.90. The van der Waals surface area contributed by atoms with Gasteiger partial charge in [0, 0.05) is 4.47 Å². The molecule has 21 heavy (non-hydrogen) atoms. The van der Waals surface area contributed by atoms with Gasteiger partial charge in [0.1, 0.15) is 5.75 Å². The van der Waals surface area contributed by atoms with E-state index in [0.717, 1.165) is 0 Å². The van der Waals surface area contributed by atoms with Crippen LogP contribution >= 0.6 is 15.9 Å². The third kappa shape index (κ3) is 6.96. The zero-order valence-corrected chi connectivity index (χ0v) is 13.4. The standard InChI is InChI=1S/C12H15BrF2N2O3S/c13-10-3-1-2-9(4-10)5-21(19,20)6-11(18)17-8-12(14,15)7-16/h1-4H,5-8,16H2,(H,17,18). The minimum absolute atomic E-state index is 0.340. The van der Waals surface area contributed by atoms with Crippen molar-refractivity contribution in [3.63, 3.8) is 0 Å². The summed E-state index contributed by atoms with van der Waals surface area (Å²) < 4.78 is 50.1. The van der Waals surface area contributed by atoms with Crippen LogP contribution in [0.25, 0.3) is 0 Å². The van der Waals surface area contributed by atoms with Gasteiger partial charge in [0.25, 0.3) is 5.92 Å². The summed E-state index contributed by atoms with van der Waals surface area (Å²) in [5.41, 5.74) is 5.32. The normalized spacial score (nSPS) is 12.2. The SMILES string of the molecule is NCC(F)(F)CNC(=O)CS(=O)(=O)Cc1cccc(Br)c1. The lowest BCUT2D eigenvalue weighted by Crippen LogP contribution is -2.43. The first-order valence-corrected chi connectivity index (χ1v) is 8.54. The number of amides is 1. The molecule has 0 unspecified atom stereocenters. The highest BCUT2D eigenvalue weighted by molar-refractivity contribution is 9.10. The molecule has 1 aromatic rings. The van der Waals surface area contributed by atoms with Crippen LogP contribution < -0.4 is 11.1 Å². The highest BCUT2D eigenvalue weighted by Crippen LogP contribution is 2.14. The summed E-state index contributed by atoms with van der Waals surface area (Å²) in [6.07, 6.45) is 0. The lowest BCUT2D eigenvalue weighted by Gasteiger charge is -2.14. The molecule has 1 amide bonds. The van der Waals surface area contributed by atoms with E-state index < -0.39 is 40.5 Å². The van der Waals surface area contributed by atoms with E-state index in [9.17, 15) is 22.0 Å². The Labute approximate surface area is 129 Å². The summed E-state index contributed by atoms with van der Waals surface area (Å²) in [7, 11) is -3.73. The van der Waals surface area contributed by atoms with Gasteiger partial charge in [0.05, 0.1) is 18.8 Å². The van der Waals surface area contributed by atoms with E-state index in [1.807, 2.05) is 5.32 Å². The Kier molecular flexibility index (Phi) is 6.24. The second kappa shape index (κ2) is 7.28. The van der Waals surface area contributed by atoms with Crippen LogP contribution in [0.2, 0.25) is 0 Å². The molecule has 0 atom stereocenters. The molecule has 0 aliphatic rings. The molecule has 9 heteroatoms. The largest absolute Gasteiger partial charge is 0.349 e. The van der Waals surface area contributed by atoms with Crippen LogP contribution in [0.5, 0.6) is 0 Å². The summed E-state index contributed by atoms with van der Waals surface area (Å²) in [5.74, 6) is -5.41. The van der Waals surface area contributed by atoms with Gasteiger partial charge in [-0.2, -0.15) is 0 Å². The first kappa shape index (κ1) is 18.0. The average Bonchev–Trinajstić information content (AvgIpc) is 2.35. The van der Waals surface area contributed by atoms with Crippen molar-refractivity contribution >= 4 is 31.7 Å². The Hall–Kier alpha value is -1.06. The van der Waals surface area contributed by atoms with Crippen LogP contribution in [-0.4, -0.2) is 39.1 Å². The number of halogens is 3. The van der Waals surface area contributed by atoms with Crippen LogP contribution in [0.3, 0.4) is 0 Å². The zero-order valence-electron chi connectivity index (χ0n) is 11.0. The highest BCUT2D eigenvalue weighted by atomic mass is 79.9. The molecular formula is C12H15BrF2N2O3S. The fourth-order valence-electron chi connectivity index (χ4n) is 1.48. The molecule has 0 saturated carbocycles. The maximum atomic E-state index is 12.8. The Balaban J connectivity index is 2.58. The van der Waals surface area contributed by atoms with Gasteiger partial charge in [-0.25, -0.2) is 17.2 Å². The number of hydrogen-bond acceptors (Lipinski definition) is 4. The van der Waals surface area contributed by atoms with Crippen molar-refractivity contribution in [2.24, 2.45) is 5.73 Å². The van der Waals surface area contributed by atoms with Gasteiger partial charge in [0.2, 0.25) is 5.91 Å². The van der Waals surface area contributed by atoms with Crippen molar-refractivity contribution in [2.75, 3.05) is 18.8 Å². The predicted octanol–water partition coefficient (Wildman–Crippen LogP) is 1.07. The molecule has 0 heterocycles. The highest BCUT2D eigenvalue weighted by Gasteiger charge is 2.28. The third-order valence-electron chi connectivity index (χ3n) is 2.47. The number of benzene rings is 1. The van der Waals surface area contributed by atoms with E-state index in [2.05, 4.69) is 15.9 Å². The van der Waals surface area contributed by atoms with Gasteiger partial charge < -0.3 is 11.1 Å². The Morgan fingerprint density at radius 3 is 2.62 bits per heavy atom. The second-order valence-corrected chi connectivity index (χ2v) is 7.48. The lowest BCUT2D eigenvalue weighted by atomic mass is 10.2. The van der Waals surface area contributed by atoms with E-state index in [4.69, 9.17) is 5.73 Å². The molecule has 0 aliphatic heterocycles. The van der Waals surface area contributed by atoms with E-state index in [0.29, 0.717) is 10.0 Å². The topological polar surface area (TPSA) is 89.3 Å². The van der Waals surface area contributed by atoms with Gasteiger partial charge in [-0.05, 0) is 17.7 Å². The Morgan fingerprint density at radius 2 is 2.05 bits per heavy atom. The lowest BCUT2D eigenvalue weighted by molar-refractivity contribution is -0.120. The van der Waals surface area contributed by atoms with Crippen LogP contribution in [0, 0.1) is 0 Å². The van der Waals surface area contributed by atoms with Crippen molar-refractivity contribution in [3.8, 4) is 0 Å². The van der Waals surface area contributed by atoms with E-state index in [-0.39, 0.29) is 5.75 Å². The second-order valence-electron chi connectivity index (χ2n) is 4.50. The van der Waals surface area contributed by atoms with Gasteiger partial charge in [0.15, 0.2) is 9.84 Å². The molecule has 0 bridgehead atoms. The summed E-state index contributed by atoms with van der Waals surface area (Å²) >= 11 is 3.21. The predicted molar refractivity (Wildman–Crippen MR) is 78.6 cm³/mol. The molecule has 1 aromatic carbocycles. The quantitative estimate of drug-likeness (QED) is 0.735. The maximum Gasteiger partial charge on any atom is 0.277 e. The molecule has 3 N–H and O–H groups in total. The van der Waals surface area contributed by atoms with Crippen molar-refractivity contribution in [2.45, 2.75) is 11.7 Å². The van der Waals surface area contributed by atoms with Crippen molar-refractivity contribution in [1.82, 2.24) is 5.32 Å². The molecule has 5 nitrogen and oxygen atoms in total. The number of nitrogens with two attached hydrogens (primary N) is 1. The smallest absolute Gasteiger partial charge is 0.277 e. The van der Waals surface area contributed by atoms with Gasteiger partial charge in [-0.1, -0.05) is 28.1 Å². The van der Waals surface area contributed by atoms with Crippen molar-refractivity contribution < 1.29 is 22.0 Å². The van der Waals surface area contributed by atoms with E-state index >= 15 is 0 Å². The Morgan fingerprint density at radius 1 is 1.38 bits per heavy atom. The molecule has 0 fully saturated rings. The van der Waals surface area contributed by atoms with E-state index in [1.165, 1.54) is 0 Å². The van der Waals surface area contributed by atoms with Crippen LogP contribution in [0.15, 0.2) is 28.7 Å². The number of alkyl halides is 2. The number of nitrogens with one attached hydrogen (secondary N) is 1. The fraction of sp³-hybridized carbons (Fsp3) is 0.417. The van der Waals surface area contributed by atoms with Crippen molar-refractivity contribution in [3.05, 3.63) is 34.3 Å². The average molecular weight is 385 g/mol. The van der Waals surface area contributed by atoms with Gasteiger partial charge in [-0.15, -0.1) is 0 Å². The molecule has 0 spiro atoms. The minimum Gasteiger partial charge on any atom is -0.349 e. The van der Waals surface area contributed by atoms with Gasteiger partial charge >= 0.3 is 0 Å². The third-order valence-corrected chi connectivity index (χ3v) is 4.44. The van der Waals surface area contributed by atoms with Crippen molar-refractivity contribution in [1.29, 1.82) is 0 Å². The Bertz CT molecular complexity index is 608.